The van der Waals surface area contributed by atoms with Gasteiger partial charge >= 0.3 is 0 Å². The highest BCUT2D eigenvalue weighted by atomic mass is 35.5. The van der Waals surface area contributed by atoms with Gasteiger partial charge in [-0.25, -0.2) is 9.07 Å². The van der Waals surface area contributed by atoms with E-state index in [1.165, 1.54) is 6.07 Å². The van der Waals surface area contributed by atoms with Gasteiger partial charge in [0.1, 0.15) is 5.82 Å². The molecule has 5 heteroatoms. The number of carbonyl (C=O) groups is 1. The van der Waals surface area contributed by atoms with Crippen molar-refractivity contribution in [3.8, 4) is 5.69 Å². The third-order valence-electron chi connectivity index (χ3n) is 3.59. The standard InChI is InChI=1S/C18H14ClFN2O/c1-12-6-7-14(9-16(12)20)18(23)8-13-10-21-22(11-13)17-5-3-2-4-15(17)19/h2-7,9-11H,8H2,1H3. The number of aromatic nitrogens is 2. The second kappa shape index (κ2) is 6.34. The highest BCUT2D eigenvalue weighted by Crippen LogP contribution is 2.20. The minimum atomic E-state index is -0.373. The summed E-state index contributed by atoms with van der Waals surface area (Å²) in [5, 5.41) is 4.81. The SMILES string of the molecule is Cc1ccc(C(=O)Cc2cnn(-c3ccccc3Cl)c2)cc1F. The molecule has 0 spiro atoms. The van der Waals surface area contributed by atoms with Crippen LogP contribution in [0.1, 0.15) is 21.5 Å². The molecule has 0 aliphatic heterocycles. The molecule has 1 aromatic heterocycles. The van der Waals surface area contributed by atoms with Crippen molar-refractivity contribution in [1.82, 2.24) is 9.78 Å². The number of aryl methyl sites for hydroxylation is 1. The molecule has 3 rings (SSSR count). The van der Waals surface area contributed by atoms with Gasteiger partial charge in [0, 0.05) is 18.2 Å². The van der Waals surface area contributed by atoms with Crippen LogP contribution >= 0.6 is 11.6 Å². The van der Waals surface area contributed by atoms with Crippen LogP contribution in [0.2, 0.25) is 5.02 Å². The van der Waals surface area contributed by atoms with E-state index >= 15 is 0 Å². The van der Waals surface area contributed by atoms with E-state index in [-0.39, 0.29) is 18.0 Å². The molecule has 0 saturated heterocycles. The first kappa shape index (κ1) is 15.4. The van der Waals surface area contributed by atoms with Crippen LogP contribution in [0, 0.1) is 12.7 Å². The fraction of sp³-hybridized carbons (Fsp3) is 0.111. The Hall–Kier alpha value is -2.46. The first-order chi connectivity index (χ1) is 11.0. The van der Waals surface area contributed by atoms with Crippen LogP contribution in [0.5, 0.6) is 0 Å². The smallest absolute Gasteiger partial charge is 0.167 e. The maximum atomic E-state index is 13.6. The quantitative estimate of drug-likeness (QED) is 0.665. The van der Waals surface area contributed by atoms with Crippen molar-refractivity contribution in [2.75, 3.05) is 0 Å². The summed E-state index contributed by atoms with van der Waals surface area (Å²) in [5.74, 6) is -0.523. The second-order valence-corrected chi connectivity index (χ2v) is 5.72. The molecule has 0 atom stereocenters. The molecule has 1 heterocycles. The van der Waals surface area contributed by atoms with Gasteiger partial charge in [-0.15, -0.1) is 0 Å². The third-order valence-corrected chi connectivity index (χ3v) is 3.91. The Kier molecular flexibility index (Phi) is 4.26. The van der Waals surface area contributed by atoms with E-state index in [1.807, 2.05) is 18.2 Å². The Bertz CT molecular complexity index is 873. The predicted octanol–water partition coefficient (Wildman–Crippen LogP) is 4.40. The molecule has 116 valence electrons. The number of ketones is 1. The first-order valence-electron chi connectivity index (χ1n) is 7.12. The average molecular weight is 329 g/mol. The van der Waals surface area contributed by atoms with Gasteiger partial charge < -0.3 is 0 Å². The molecule has 3 nitrogen and oxygen atoms in total. The summed E-state index contributed by atoms with van der Waals surface area (Å²) in [6.07, 6.45) is 3.53. The molecular weight excluding hydrogens is 315 g/mol. The number of nitrogens with zero attached hydrogens (tertiary/aromatic N) is 2. The van der Waals surface area contributed by atoms with Gasteiger partial charge in [0.2, 0.25) is 0 Å². The summed E-state index contributed by atoms with van der Waals surface area (Å²) in [4.78, 5) is 12.3. The van der Waals surface area contributed by atoms with E-state index in [0.717, 1.165) is 11.3 Å². The molecule has 0 saturated carbocycles. The number of halogens is 2. The largest absolute Gasteiger partial charge is 0.294 e. The monoisotopic (exact) mass is 328 g/mol. The van der Waals surface area contributed by atoms with E-state index in [1.54, 1.807) is 42.2 Å². The van der Waals surface area contributed by atoms with Crippen LogP contribution in [0.3, 0.4) is 0 Å². The maximum Gasteiger partial charge on any atom is 0.167 e. The van der Waals surface area contributed by atoms with E-state index in [2.05, 4.69) is 5.10 Å². The fourth-order valence-corrected chi connectivity index (χ4v) is 2.50. The van der Waals surface area contributed by atoms with Gasteiger partial charge in [-0.1, -0.05) is 35.9 Å². The Balaban J connectivity index is 1.80. The van der Waals surface area contributed by atoms with Crippen molar-refractivity contribution in [2.24, 2.45) is 0 Å². The molecule has 0 radical (unpaired) electrons. The minimum absolute atomic E-state index is 0.150. The zero-order valence-electron chi connectivity index (χ0n) is 12.5. The summed E-state index contributed by atoms with van der Waals surface area (Å²) in [6.45, 7) is 1.66. The molecule has 0 aliphatic carbocycles. The molecule has 3 aromatic rings. The van der Waals surface area contributed by atoms with Crippen molar-refractivity contribution < 1.29 is 9.18 Å². The highest BCUT2D eigenvalue weighted by molar-refractivity contribution is 6.32. The maximum absolute atomic E-state index is 13.6. The van der Waals surface area contributed by atoms with Crippen LogP contribution in [-0.4, -0.2) is 15.6 Å². The molecule has 0 amide bonds. The van der Waals surface area contributed by atoms with Crippen molar-refractivity contribution in [3.05, 3.63) is 82.4 Å². The summed E-state index contributed by atoms with van der Waals surface area (Å²) in [6, 6.07) is 11.8. The highest BCUT2D eigenvalue weighted by Gasteiger charge is 2.12. The lowest BCUT2D eigenvalue weighted by Gasteiger charge is -2.03. The molecule has 0 N–H and O–H groups in total. The summed E-state index contributed by atoms with van der Waals surface area (Å²) in [7, 11) is 0. The molecule has 0 unspecified atom stereocenters. The molecule has 0 bridgehead atoms. The minimum Gasteiger partial charge on any atom is -0.294 e. The number of Topliss-reactive ketones (excluding diaryl/α,β-unsaturated/α-hetero) is 1. The van der Waals surface area contributed by atoms with Crippen molar-refractivity contribution in [1.29, 1.82) is 0 Å². The van der Waals surface area contributed by atoms with Gasteiger partial charge in [-0.3, -0.25) is 4.79 Å². The van der Waals surface area contributed by atoms with Crippen LogP contribution in [-0.2, 0) is 6.42 Å². The van der Waals surface area contributed by atoms with Crippen molar-refractivity contribution in [3.63, 3.8) is 0 Å². The number of benzene rings is 2. The normalized spacial score (nSPS) is 10.7. The van der Waals surface area contributed by atoms with Gasteiger partial charge in [0.25, 0.3) is 0 Å². The Morgan fingerprint density at radius 1 is 1.26 bits per heavy atom. The molecule has 2 aromatic carbocycles. The van der Waals surface area contributed by atoms with Crippen molar-refractivity contribution in [2.45, 2.75) is 13.3 Å². The summed E-state index contributed by atoms with van der Waals surface area (Å²) >= 11 is 6.13. The van der Waals surface area contributed by atoms with Crippen LogP contribution in [0.25, 0.3) is 5.69 Å². The topological polar surface area (TPSA) is 34.9 Å². The number of carbonyl (C=O) groups excluding carboxylic acids is 1. The van der Waals surface area contributed by atoms with Crippen LogP contribution in [0.15, 0.2) is 54.9 Å². The Morgan fingerprint density at radius 2 is 2.04 bits per heavy atom. The van der Waals surface area contributed by atoms with E-state index in [4.69, 9.17) is 11.6 Å². The van der Waals surface area contributed by atoms with Crippen LogP contribution < -0.4 is 0 Å². The number of rotatable bonds is 4. The number of hydrogen-bond acceptors (Lipinski definition) is 2. The number of para-hydroxylation sites is 1. The summed E-state index contributed by atoms with van der Waals surface area (Å²) < 4.78 is 15.2. The third kappa shape index (κ3) is 3.32. The number of hydrogen-bond donors (Lipinski definition) is 0. The average Bonchev–Trinajstić information content (AvgIpc) is 2.98. The molecule has 0 fully saturated rings. The molecule has 23 heavy (non-hydrogen) atoms. The molecular formula is C18H14ClFN2O. The fourth-order valence-electron chi connectivity index (χ4n) is 2.27. The summed E-state index contributed by atoms with van der Waals surface area (Å²) in [5.41, 5.74) is 2.37. The Labute approximate surface area is 138 Å². The second-order valence-electron chi connectivity index (χ2n) is 5.31. The lowest BCUT2D eigenvalue weighted by atomic mass is 10.0. The van der Waals surface area contributed by atoms with Gasteiger partial charge in [-0.05, 0) is 36.2 Å². The molecule has 0 aliphatic rings. The zero-order chi connectivity index (χ0) is 16.4. The van der Waals surface area contributed by atoms with E-state index in [9.17, 15) is 9.18 Å². The Morgan fingerprint density at radius 3 is 2.78 bits per heavy atom. The lowest BCUT2D eigenvalue weighted by Crippen LogP contribution is -2.04. The van der Waals surface area contributed by atoms with E-state index < -0.39 is 0 Å². The van der Waals surface area contributed by atoms with E-state index in [0.29, 0.717) is 16.1 Å². The predicted molar refractivity (Wildman–Crippen MR) is 87.7 cm³/mol. The van der Waals surface area contributed by atoms with Gasteiger partial charge in [0.15, 0.2) is 5.78 Å². The zero-order valence-corrected chi connectivity index (χ0v) is 13.2. The van der Waals surface area contributed by atoms with Gasteiger partial charge in [-0.2, -0.15) is 5.10 Å². The van der Waals surface area contributed by atoms with Gasteiger partial charge in [0.05, 0.1) is 16.9 Å². The van der Waals surface area contributed by atoms with Crippen LogP contribution in [0.4, 0.5) is 4.39 Å². The lowest BCUT2D eigenvalue weighted by molar-refractivity contribution is 0.0992. The first-order valence-corrected chi connectivity index (χ1v) is 7.50. The van der Waals surface area contributed by atoms with Crippen molar-refractivity contribution >= 4 is 17.4 Å².